The van der Waals surface area contributed by atoms with Crippen molar-refractivity contribution < 1.29 is 13.2 Å². The molecule has 0 unspecified atom stereocenters. The Kier molecular flexibility index (Phi) is 5.95. The van der Waals surface area contributed by atoms with Crippen LogP contribution in [-0.2, 0) is 29.4 Å². The van der Waals surface area contributed by atoms with Crippen LogP contribution in [0.25, 0.3) is 0 Å². The molecule has 1 aliphatic carbocycles. The Balaban J connectivity index is 1.61. The number of aryl methyl sites for hydroxylation is 2. The maximum Gasteiger partial charge on any atom is 0.267 e. The summed E-state index contributed by atoms with van der Waals surface area (Å²) >= 11 is 0. The summed E-state index contributed by atoms with van der Waals surface area (Å²) < 4.78 is 26.6. The van der Waals surface area contributed by atoms with Crippen molar-refractivity contribution in [2.24, 2.45) is 0 Å². The van der Waals surface area contributed by atoms with Crippen LogP contribution in [0.5, 0.6) is 0 Å². The van der Waals surface area contributed by atoms with E-state index in [9.17, 15) is 18.0 Å². The third-order valence-corrected chi connectivity index (χ3v) is 6.61. The van der Waals surface area contributed by atoms with Crippen molar-refractivity contribution in [3.8, 4) is 0 Å². The minimum Gasteiger partial charge on any atom is -0.350 e. The molecule has 1 aromatic heterocycles. The number of carbonyl (C=O) groups excluding carboxylic acids is 1. The van der Waals surface area contributed by atoms with Gasteiger partial charge in [-0.1, -0.05) is 0 Å². The predicted molar refractivity (Wildman–Crippen MR) is 105 cm³/mol. The van der Waals surface area contributed by atoms with Crippen LogP contribution in [0.1, 0.15) is 34.5 Å². The Bertz CT molecular complexity index is 1030. The highest BCUT2D eigenvalue weighted by molar-refractivity contribution is 7.89. The number of fused-ring (bicyclic) bond motifs is 1. The number of nitrogens with one attached hydrogen (secondary N) is 1. The van der Waals surface area contributed by atoms with Crippen LogP contribution in [0.2, 0.25) is 0 Å². The molecular formula is C19H24N4O4S. The van der Waals surface area contributed by atoms with Crippen molar-refractivity contribution in [1.82, 2.24) is 19.4 Å². The number of benzene rings is 1. The lowest BCUT2D eigenvalue weighted by atomic mass is 9.97. The van der Waals surface area contributed by atoms with Crippen LogP contribution in [0.4, 0.5) is 0 Å². The van der Waals surface area contributed by atoms with Gasteiger partial charge in [0.25, 0.3) is 11.5 Å². The first-order chi connectivity index (χ1) is 13.3. The Morgan fingerprint density at radius 3 is 2.54 bits per heavy atom. The van der Waals surface area contributed by atoms with Crippen molar-refractivity contribution in [2.45, 2.75) is 37.1 Å². The van der Waals surface area contributed by atoms with Gasteiger partial charge in [0.15, 0.2) is 0 Å². The second-order valence-electron chi connectivity index (χ2n) is 6.95. The Morgan fingerprint density at radius 2 is 1.86 bits per heavy atom. The third-order valence-electron chi connectivity index (χ3n) is 4.78. The molecule has 2 aromatic rings. The Hall–Kier alpha value is -2.52. The van der Waals surface area contributed by atoms with Crippen LogP contribution in [-0.4, -0.2) is 49.1 Å². The zero-order valence-corrected chi connectivity index (χ0v) is 16.8. The van der Waals surface area contributed by atoms with E-state index in [0.717, 1.165) is 41.2 Å². The van der Waals surface area contributed by atoms with Crippen LogP contribution in [0.15, 0.2) is 40.0 Å². The van der Waals surface area contributed by atoms with Gasteiger partial charge in [0, 0.05) is 32.3 Å². The molecule has 0 spiro atoms. The summed E-state index contributed by atoms with van der Waals surface area (Å²) in [6.07, 6.45) is 3.94. The molecule has 0 saturated carbocycles. The molecule has 1 amide bonds. The lowest BCUT2D eigenvalue weighted by Gasteiger charge is -2.16. The SMILES string of the molecule is CN(C)S(=O)(=O)c1ccc(C(=O)NCCn2nc3c(cc2=O)CCCC3)cc1. The van der Waals surface area contributed by atoms with Crippen LogP contribution < -0.4 is 10.9 Å². The van der Waals surface area contributed by atoms with Crippen LogP contribution in [0.3, 0.4) is 0 Å². The highest BCUT2D eigenvalue weighted by Crippen LogP contribution is 2.17. The summed E-state index contributed by atoms with van der Waals surface area (Å²) in [5.74, 6) is -0.334. The average molecular weight is 404 g/mol. The topological polar surface area (TPSA) is 101 Å². The number of hydrogen-bond acceptors (Lipinski definition) is 5. The van der Waals surface area contributed by atoms with Crippen LogP contribution in [0, 0.1) is 0 Å². The highest BCUT2D eigenvalue weighted by Gasteiger charge is 2.17. The van der Waals surface area contributed by atoms with Crippen molar-refractivity contribution >= 4 is 15.9 Å². The molecule has 0 fully saturated rings. The van der Waals surface area contributed by atoms with E-state index >= 15 is 0 Å². The number of hydrogen-bond donors (Lipinski definition) is 1. The molecule has 1 aliphatic rings. The van der Waals surface area contributed by atoms with E-state index in [2.05, 4.69) is 10.4 Å². The summed E-state index contributed by atoms with van der Waals surface area (Å²) in [6.45, 7) is 0.535. The van der Waals surface area contributed by atoms with E-state index in [1.54, 1.807) is 6.07 Å². The number of amides is 1. The lowest BCUT2D eigenvalue weighted by molar-refractivity contribution is 0.0951. The molecule has 150 valence electrons. The zero-order valence-electron chi connectivity index (χ0n) is 16.0. The number of aromatic nitrogens is 2. The van der Waals surface area contributed by atoms with Gasteiger partial charge < -0.3 is 5.32 Å². The highest BCUT2D eigenvalue weighted by atomic mass is 32.2. The summed E-state index contributed by atoms with van der Waals surface area (Å²) in [5, 5.41) is 7.16. The molecule has 8 nitrogen and oxygen atoms in total. The molecule has 0 bridgehead atoms. The first-order valence-electron chi connectivity index (χ1n) is 9.20. The van der Waals surface area contributed by atoms with E-state index in [-0.39, 0.29) is 29.5 Å². The fourth-order valence-electron chi connectivity index (χ4n) is 3.13. The molecule has 9 heteroatoms. The van der Waals surface area contributed by atoms with E-state index in [0.29, 0.717) is 5.56 Å². The molecule has 1 heterocycles. The molecule has 0 saturated heterocycles. The Morgan fingerprint density at radius 1 is 1.18 bits per heavy atom. The Labute approximate surface area is 164 Å². The fourth-order valence-corrected chi connectivity index (χ4v) is 4.03. The third kappa shape index (κ3) is 4.31. The van der Waals surface area contributed by atoms with Gasteiger partial charge in [0.2, 0.25) is 10.0 Å². The monoisotopic (exact) mass is 404 g/mol. The number of carbonyl (C=O) groups is 1. The summed E-state index contributed by atoms with van der Waals surface area (Å²) in [5.41, 5.74) is 2.19. The maximum absolute atomic E-state index is 12.3. The van der Waals surface area contributed by atoms with Gasteiger partial charge >= 0.3 is 0 Å². The lowest BCUT2D eigenvalue weighted by Crippen LogP contribution is -2.33. The van der Waals surface area contributed by atoms with Crippen molar-refractivity contribution in [2.75, 3.05) is 20.6 Å². The van der Waals surface area contributed by atoms with E-state index in [1.807, 2.05) is 0 Å². The standard InChI is InChI=1S/C19H24N4O4S/c1-22(2)28(26,27)16-9-7-14(8-10-16)19(25)20-11-12-23-18(24)13-15-5-3-4-6-17(15)21-23/h7-10,13H,3-6,11-12H2,1-2H3,(H,20,25). The van der Waals surface area contributed by atoms with E-state index in [4.69, 9.17) is 0 Å². The fraction of sp³-hybridized carbons (Fsp3) is 0.421. The van der Waals surface area contributed by atoms with Crippen molar-refractivity contribution in [1.29, 1.82) is 0 Å². The second-order valence-corrected chi connectivity index (χ2v) is 9.10. The predicted octanol–water partition coefficient (Wildman–Crippen LogP) is 0.802. The number of nitrogens with zero attached hydrogens (tertiary/aromatic N) is 3. The van der Waals surface area contributed by atoms with Gasteiger partial charge in [-0.15, -0.1) is 0 Å². The first kappa shape index (κ1) is 20.2. The molecule has 3 rings (SSSR count). The van der Waals surface area contributed by atoms with Gasteiger partial charge in [-0.2, -0.15) is 5.10 Å². The van der Waals surface area contributed by atoms with E-state index < -0.39 is 10.0 Å². The van der Waals surface area contributed by atoms with Crippen LogP contribution >= 0.6 is 0 Å². The number of sulfonamides is 1. The average Bonchev–Trinajstić information content (AvgIpc) is 2.68. The maximum atomic E-state index is 12.3. The molecule has 1 N–H and O–H groups in total. The minimum atomic E-state index is -3.53. The van der Waals surface area contributed by atoms with E-state index in [1.165, 1.54) is 43.0 Å². The number of rotatable bonds is 6. The van der Waals surface area contributed by atoms with Gasteiger partial charge in [0.1, 0.15) is 0 Å². The summed E-state index contributed by atoms with van der Waals surface area (Å²) in [4.78, 5) is 24.5. The normalized spacial score (nSPS) is 14.0. The molecule has 28 heavy (non-hydrogen) atoms. The summed E-state index contributed by atoms with van der Waals surface area (Å²) in [7, 11) is -0.627. The molecule has 1 aromatic carbocycles. The molecule has 0 atom stereocenters. The summed E-state index contributed by atoms with van der Waals surface area (Å²) in [6, 6.07) is 7.39. The van der Waals surface area contributed by atoms with Gasteiger partial charge in [-0.25, -0.2) is 17.4 Å². The quantitative estimate of drug-likeness (QED) is 0.768. The second kappa shape index (κ2) is 8.24. The van der Waals surface area contributed by atoms with Crippen molar-refractivity contribution in [3.05, 3.63) is 57.5 Å². The van der Waals surface area contributed by atoms with Gasteiger partial charge in [-0.3, -0.25) is 9.59 Å². The largest absolute Gasteiger partial charge is 0.350 e. The first-order valence-corrected chi connectivity index (χ1v) is 10.6. The minimum absolute atomic E-state index is 0.124. The van der Waals surface area contributed by atoms with Crippen molar-refractivity contribution in [3.63, 3.8) is 0 Å². The molecule has 0 radical (unpaired) electrons. The van der Waals surface area contributed by atoms with Gasteiger partial charge in [-0.05, 0) is 55.5 Å². The smallest absolute Gasteiger partial charge is 0.267 e. The van der Waals surface area contributed by atoms with Gasteiger partial charge in [0.05, 0.1) is 17.1 Å². The molecular weight excluding hydrogens is 380 g/mol. The zero-order chi connectivity index (χ0) is 20.3. The molecule has 0 aliphatic heterocycles.